The molecule has 96 valence electrons. The van der Waals surface area contributed by atoms with Gasteiger partial charge in [-0.3, -0.25) is 0 Å². The third-order valence-electron chi connectivity index (χ3n) is 2.43. The smallest absolute Gasteiger partial charge is 0.244 e. The fraction of sp³-hybridized carbons (Fsp3) is 0.182. The second kappa shape index (κ2) is 4.79. The van der Waals surface area contributed by atoms with E-state index in [9.17, 15) is 8.42 Å². The maximum absolute atomic E-state index is 12.2. The summed E-state index contributed by atoms with van der Waals surface area (Å²) in [7, 11) is -2.10. The Bertz CT molecular complexity index is 605. The van der Waals surface area contributed by atoms with Crippen LogP contribution in [0.3, 0.4) is 0 Å². The fourth-order valence-corrected chi connectivity index (χ4v) is 2.51. The molecule has 2 N–H and O–H groups in total. The molecule has 2 aromatic heterocycles. The summed E-state index contributed by atoms with van der Waals surface area (Å²) in [6.45, 7) is 0.166. The van der Waals surface area contributed by atoms with Crippen LogP contribution < -0.4 is 5.73 Å². The van der Waals surface area contributed by atoms with Gasteiger partial charge in [0.25, 0.3) is 0 Å². The molecule has 7 heteroatoms. The molecule has 0 saturated heterocycles. The quantitative estimate of drug-likeness (QED) is 0.895. The van der Waals surface area contributed by atoms with Crippen LogP contribution in [0.25, 0.3) is 0 Å². The van der Waals surface area contributed by atoms with E-state index in [4.69, 9.17) is 10.2 Å². The van der Waals surface area contributed by atoms with Crippen LogP contribution >= 0.6 is 0 Å². The van der Waals surface area contributed by atoms with Crippen LogP contribution in [0, 0.1) is 0 Å². The first-order valence-corrected chi connectivity index (χ1v) is 6.64. The molecule has 0 atom stereocenters. The van der Waals surface area contributed by atoms with E-state index in [2.05, 4.69) is 4.98 Å². The van der Waals surface area contributed by atoms with Gasteiger partial charge in [0.1, 0.15) is 16.5 Å². The fourth-order valence-electron chi connectivity index (χ4n) is 1.43. The summed E-state index contributed by atoms with van der Waals surface area (Å²) < 4.78 is 30.7. The molecule has 0 saturated carbocycles. The minimum absolute atomic E-state index is 0.103. The van der Waals surface area contributed by atoms with Gasteiger partial charge < -0.3 is 10.2 Å². The molecule has 2 aromatic rings. The van der Waals surface area contributed by atoms with Gasteiger partial charge in [-0.25, -0.2) is 13.4 Å². The minimum Gasteiger partial charge on any atom is -0.468 e. The molecule has 6 nitrogen and oxygen atoms in total. The van der Waals surface area contributed by atoms with Crippen LogP contribution in [0.15, 0.2) is 46.0 Å². The van der Waals surface area contributed by atoms with Crippen molar-refractivity contribution in [2.24, 2.45) is 0 Å². The summed E-state index contributed by atoms with van der Waals surface area (Å²) in [4.78, 5) is 3.88. The molecule has 0 unspecified atom stereocenters. The SMILES string of the molecule is CN(Cc1ccco1)S(=O)(=O)c1ccc(N)nc1. The summed E-state index contributed by atoms with van der Waals surface area (Å²) in [5.41, 5.74) is 5.42. The predicted octanol–water partition coefficient (Wildman–Crippen LogP) is 1.08. The zero-order valence-electron chi connectivity index (χ0n) is 9.78. The molecule has 0 aliphatic heterocycles. The Balaban J connectivity index is 2.22. The average Bonchev–Trinajstić information content (AvgIpc) is 2.82. The molecule has 0 amide bonds. The molecular weight excluding hydrogens is 254 g/mol. The first-order valence-electron chi connectivity index (χ1n) is 5.20. The van der Waals surface area contributed by atoms with E-state index in [1.807, 2.05) is 0 Å². The molecule has 18 heavy (non-hydrogen) atoms. The molecule has 0 radical (unpaired) electrons. The van der Waals surface area contributed by atoms with Crippen molar-refractivity contribution in [3.63, 3.8) is 0 Å². The monoisotopic (exact) mass is 267 g/mol. The summed E-state index contributed by atoms with van der Waals surface area (Å²) in [6, 6.07) is 6.30. The second-order valence-corrected chi connectivity index (χ2v) is 5.80. The second-order valence-electron chi connectivity index (χ2n) is 3.76. The van der Waals surface area contributed by atoms with Crippen molar-refractivity contribution in [3.05, 3.63) is 42.5 Å². The van der Waals surface area contributed by atoms with Crippen LogP contribution in [0.2, 0.25) is 0 Å². The van der Waals surface area contributed by atoms with E-state index in [0.29, 0.717) is 5.76 Å². The topological polar surface area (TPSA) is 89.4 Å². The standard InChI is InChI=1S/C11H13N3O3S/c1-14(8-9-3-2-6-17-9)18(15,16)10-4-5-11(12)13-7-10/h2-7H,8H2,1H3,(H2,12,13). The number of furan rings is 1. The number of rotatable bonds is 4. The minimum atomic E-state index is -3.58. The van der Waals surface area contributed by atoms with Gasteiger partial charge in [-0.2, -0.15) is 4.31 Å². The lowest BCUT2D eigenvalue weighted by Gasteiger charge is -2.15. The molecule has 2 rings (SSSR count). The first-order chi connectivity index (χ1) is 8.50. The number of nitrogen functional groups attached to an aromatic ring is 1. The van der Waals surface area contributed by atoms with Crippen molar-refractivity contribution in [2.75, 3.05) is 12.8 Å². The van der Waals surface area contributed by atoms with Crippen LogP contribution in [-0.4, -0.2) is 24.8 Å². The summed E-state index contributed by atoms with van der Waals surface area (Å²) in [5.74, 6) is 0.854. The van der Waals surface area contributed by atoms with Crippen LogP contribution in [-0.2, 0) is 16.6 Å². The van der Waals surface area contributed by atoms with Gasteiger partial charge in [0.2, 0.25) is 10.0 Å². The molecule has 0 aliphatic rings. The van der Waals surface area contributed by atoms with Gasteiger partial charge in [0.05, 0.1) is 12.8 Å². The van der Waals surface area contributed by atoms with E-state index in [-0.39, 0.29) is 17.3 Å². The molecule has 2 heterocycles. The van der Waals surface area contributed by atoms with Gasteiger partial charge in [0.15, 0.2) is 0 Å². The van der Waals surface area contributed by atoms with Crippen molar-refractivity contribution >= 4 is 15.8 Å². The molecule has 0 spiro atoms. The number of aromatic nitrogens is 1. The number of hydrogen-bond acceptors (Lipinski definition) is 5. The average molecular weight is 267 g/mol. The maximum atomic E-state index is 12.2. The summed E-state index contributed by atoms with van der Waals surface area (Å²) >= 11 is 0. The zero-order chi connectivity index (χ0) is 13.2. The van der Waals surface area contributed by atoms with E-state index in [1.165, 1.54) is 35.9 Å². The first kappa shape index (κ1) is 12.6. The zero-order valence-corrected chi connectivity index (χ0v) is 10.6. The maximum Gasteiger partial charge on any atom is 0.244 e. The number of hydrogen-bond donors (Lipinski definition) is 1. The van der Waals surface area contributed by atoms with Crippen molar-refractivity contribution in [2.45, 2.75) is 11.4 Å². The highest BCUT2D eigenvalue weighted by molar-refractivity contribution is 7.89. The highest BCUT2D eigenvalue weighted by Gasteiger charge is 2.21. The van der Waals surface area contributed by atoms with Gasteiger partial charge in [-0.1, -0.05) is 0 Å². The number of anilines is 1. The van der Waals surface area contributed by atoms with Crippen molar-refractivity contribution in [3.8, 4) is 0 Å². The molecular formula is C11H13N3O3S. The lowest BCUT2D eigenvalue weighted by Crippen LogP contribution is -2.26. The molecule has 0 fully saturated rings. The lowest BCUT2D eigenvalue weighted by molar-refractivity contribution is 0.406. The van der Waals surface area contributed by atoms with Gasteiger partial charge >= 0.3 is 0 Å². The van der Waals surface area contributed by atoms with Crippen molar-refractivity contribution in [1.29, 1.82) is 0 Å². The number of pyridine rings is 1. The highest BCUT2D eigenvalue weighted by Crippen LogP contribution is 2.16. The van der Waals surface area contributed by atoms with E-state index >= 15 is 0 Å². The molecule has 0 bridgehead atoms. The number of nitrogens with zero attached hydrogens (tertiary/aromatic N) is 2. The Labute approximate surface area is 105 Å². The Hall–Kier alpha value is -1.86. The van der Waals surface area contributed by atoms with Crippen LogP contribution in [0.5, 0.6) is 0 Å². The van der Waals surface area contributed by atoms with E-state index in [1.54, 1.807) is 12.1 Å². The Kier molecular flexibility index (Phi) is 3.35. The van der Waals surface area contributed by atoms with E-state index < -0.39 is 10.0 Å². The van der Waals surface area contributed by atoms with Crippen molar-refractivity contribution in [1.82, 2.24) is 9.29 Å². The molecule has 0 aromatic carbocycles. The van der Waals surface area contributed by atoms with Crippen LogP contribution in [0.1, 0.15) is 5.76 Å². The van der Waals surface area contributed by atoms with Gasteiger partial charge in [0, 0.05) is 13.2 Å². The van der Waals surface area contributed by atoms with Gasteiger partial charge in [-0.05, 0) is 24.3 Å². The lowest BCUT2D eigenvalue weighted by atomic mass is 10.4. The summed E-state index contributed by atoms with van der Waals surface area (Å²) in [6.07, 6.45) is 2.74. The van der Waals surface area contributed by atoms with Crippen LogP contribution in [0.4, 0.5) is 5.82 Å². The van der Waals surface area contributed by atoms with Crippen molar-refractivity contribution < 1.29 is 12.8 Å². The predicted molar refractivity (Wildman–Crippen MR) is 66.0 cm³/mol. The third kappa shape index (κ3) is 2.52. The Morgan fingerprint density at radius 3 is 2.72 bits per heavy atom. The summed E-state index contributed by atoms with van der Waals surface area (Å²) in [5, 5.41) is 0. The Morgan fingerprint density at radius 1 is 1.39 bits per heavy atom. The number of nitrogens with two attached hydrogens (primary N) is 1. The normalized spacial score (nSPS) is 11.9. The highest BCUT2D eigenvalue weighted by atomic mass is 32.2. The van der Waals surface area contributed by atoms with Gasteiger partial charge in [-0.15, -0.1) is 0 Å². The Morgan fingerprint density at radius 2 is 2.17 bits per heavy atom. The number of sulfonamides is 1. The largest absolute Gasteiger partial charge is 0.468 e. The van der Waals surface area contributed by atoms with E-state index in [0.717, 1.165) is 0 Å². The third-order valence-corrected chi connectivity index (χ3v) is 4.21. The molecule has 0 aliphatic carbocycles.